The molecule has 0 aromatic heterocycles. The van der Waals surface area contributed by atoms with Gasteiger partial charge in [0.25, 0.3) is 10.1 Å². The van der Waals surface area contributed by atoms with E-state index in [9.17, 15) is 13.0 Å². The predicted octanol–water partition coefficient (Wildman–Crippen LogP) is 5.53. The summed E-state index contributed by atoms with van der Waals surface area (Å²) in [6, 6.07) is 22.8. The maximum Gasteiger partial charge on any atom is 0.295 e. The number of halogens is 1. The summed E-state index contributed by atoms with van der Waals surface area (Å²) in [5.41, 5.74) is 3.61. The Labute approximate surface area is 155 Å². The van der Waals surface area contributed by atoms with E-state index in [4.69, 9.17) is 0 Å². The minimum absolute atomic E-state index is 0.126. The van der Waals surface area contributed by atoms with E-state index in [2.05, 4.69) is 15.9 Å². The van der Waals surface area contributed by atoms with E-state index >= 15 is 0 Å². The fourth-order valence-electron chi connectivity index (χ4n) is 2.47. The van der Waals surface area contributed by atoms with Gasteiger partial charge in [0.15, 0.2) is 0 Å². The summed E-state index contributed by atoms with van der Waals surface area (Å²) in [6.07, 6.45) is 3.49. The van der Waals surface area contributed by atoms with E-state index in [-0.39, 0.29) is 4.90 Å². The monoisotopic (exact) mass is 414 g/mol. The molecule has 3 rings (SSSR count). The van der Waals surface area contributed by atoms with Crippen LogP contribution in [0.5, 0.6) is 0 Å². The molecule has 0 spiro atoms. The highest BCUT2D eigenvalue weighted by atomic mass is 79.9. The average molecular weight is 415 g/mol. The third-order valence-corrected chi connectivity index (χ3v) is 5.13. The Bertz CT molecular complexity index is 1010. The highest BCUT2D eigenvalue weighted by Gasteiger charge is 2.14. The second-order valence-electron chi connectivity index (χ2n) is 5.48. The van der Waals surface area contributed by atoms with Crippen molar-refractivity contribution in [3.63, 3.8) is 0 Å². The van der Waals surface area contributed by atoms with Crippen molar-refractivity contribution in [2.24, 2.45) is 0 Å². The van der Waals surface area contributed by atoms with Crippen LogP contribution in [0.3, 0.4) is 0 Å². The Kier molecular flexibility index (Phi) is 5.18. The molecule has 3 nitrogen and oxygen atoms in total. The van der Waals surface area contributed by atoms with E-state index in [1.165, 1.54) is 6.07 Å². The van der Waals surface area contributed by atoms with Crippen molar-refractivity contribution in [2.45, 2.75) is 4.90 Å². The van der Waals surface area contributed by atoms with E-state index < -0.39 is 10.1 Å². The van der Waals surface area contributed by atoms with Crippen LogP contribution in [-0.2, 0) is 10.1 Å². The zero-order valence-electron chi connectivity index (χ0n) is 13.1. The van der Waals surface area contributed by atoms with Crippen molar-refractivity contribution in [1.82, 2.24) is 0 Å². The van der Waals surface area contributed by atoms with Gasteiger partial charge in [-0.1, -0.05) is 88.7 Å². The number of hydrogen-bond acceptors (Lipinski definition) is 2. The zero-order valence-corrected chi connectivity index (χ0v) is 15.5. The lowest BCUT2D eigenvalue weighted by Crippen LogP contribution is -2.00. The molecule has 0 unspecified atom stereocenters. The third kappa shape index (κ3) is 4.45. The summed E-state index contributed by atoms with van der Waals surface area (Å²) in [5, 5.41) is 0. The van der Waals surface area contributed by atoms with Crippen molar-refractivity contribution in [3.05, 3.63) is 88.4 Å². The van der Waals surface area contributed by atoms with Crippen LogP contribution in [0, 0.1) is 0 Å². The molecule has 0 aliphatic carbocycles. The van der Waals surface area contributed by atoms with Gasteiger partial charge in [0.05, 0.1) is 0 Å². The summed E-state index contributed by atoms with van der Waals surface area (Å²) < 4.78 is 33.0. The highest BCUT2D eigenvalue weighted by Crippen LogP contribution is 2.24. The molecule has 0 heterocycles. The molecule has 0 aliphatic heterocycles. The lowest BCUT2D eigenvalue weighted by atomic mass is 10.0. The largest absolute Gasteiger partial charge is 0.295 e. The first kappa shape index (κ1) is 17.6. The van der Waals surface area contributed by atoms with Gasteiger partial charge in [-0.2, -0.15) is 8.42 Å². The SMILES string of the molecule is O=S(=O)(O)c1cc(Br)ccc1C=Cc1ccc(-c2ccccc2)cc1. The summed E-state index contributed by atoms with van der Waals surface area (Å²) in [5.74, 6) is 0. The Morgan fingerprint density at radius 3 is 2.08 bits per heavy atom. The first-order valence-corrected chi connectivity index (χ1v) is 9.77. The molecule has 0 atom stereocenters. The fraction of sp³-hybridized carbons (Fsp3) is 0. The van der Waals surface area contributed by atoms with Gasteiger partial charge in [0, 0.05) is 4.47 Å². The molecular weight excluding hydrogens is 400 g/mol. The van der Waals surface area contributed by atoms with Gasteiger partial charge in [-0.3, -0.25) is 4.55 Å². The van der Waals surface area contributed by atoms with Crippen molar-refractivity contribution >= 4 is 38.2 Å². The maximum absolute atomic E-state index is 11.5. The quantitative estimate of drug-likeness (QED) is 0.450. The van der Waals surface area contributed by atoms with Crippen molar-refractivity contribution in [1.29, 1.82) is 0 Å². The number of rotatable bonds is 4. The van der Waals surface area contributed by atoms with E-state index in [1.807, 2.05) is 60.7 Å². The lowest BCUT2D eigenvalue weighted by Gasteiger charge is -2.04. The third-order valence-electron chi connectivity index (χ3n) is 3.73. The molecule has 3 aromatic rings. The first-order valence-electron chi connectivity index (χ1n) is 7.54. The summed E-state index contributed by atoms with van der Waals surface area (Å²) in [7, 11) is -4.28. The zero-order chi connectivity index (χ0) is 17.9. The average Bonchev–Trinajstić information content (AvgIpc) is 2.61. The van der Waals surface area contributed by atoms with Crippen molar-refractivity contribution < 1.29 is 13.0 Å². The van der Waals surface area contributed by atoms with Crippen LogP contribution in [0.1, 0.15) is 11.1 Å². The van der Waals surface area contributed by atoms with Crippen molar-refractivity contribution in [3.8, 4) is 11.1 Å². The van der Waals surface area contributed by atoms with Crippen LogP contribution in [0.2, 0.25) is 0 Å². The van der Waals surface area contributed by atoms with Gasteiger partial charge < -0.3 is 0 Å². The number of benzene rings is 3. The molecule has 126 valence electrons. The van der Waals surface area contributed by atoms with Gasteiger partial charge in [0.1, 0.15) is 4.90 Å². The lowest BCUT2D eigenvalue weighted by molar-refractivity contribution is 0.483. The van der Waals surface area contributed by atoms with Gasteiger partial charge >= 0.3 is 0 Å². The second-order valence-corrected chi connectivity index (χ2v) is 7.78. The molecule has 0 saturated heterocycles. The van der Waals surface area contributed by atoms with Crippen LogP contribution < -0.4 is 0 Å². The second kappa shape index (κ2) is 7.35. The molecule has 0 radical (unpaired) electrons. The summed E-state index contributed by atoms with van der Waals surface area (Å²) >= 11 is 3.22. The van der Waals surface area contributed by atoms with Crippen molar-refractivity contribution in [2.75, 3.05) is 0 Å². The molecule has 1 N–H and O–H groups in total. The molecule has 3 aromatic carbocycles. The maximum atomic E-state index is 11.5. The van der Waals surface area contributed by atoms with E-state index in [1.54, 1.807) is 18.2 Å². The molecule has 0 bridgehead atoms. The van der Waals surface area contributed by atoms with Crippen LogP contribution in [0.25, 0.3) is 23.3 Å². The molecule has 0 amide bonds. The van der Waals surface area contributed by atoms with Crippen LogP contribution in [-0.4, -0.2) is 13.0 Å². The first-order chi connectivity index (χ1) is 11.9. The summed E-state index contributed by atoms with van der Waals surface area (Å²) in [4.78, 5) is -0.126. The Balaban J connectivity index is 1.88. The van der Waals surface area contributed by atoms with Crippen LogP contribution in [0.15, 0.2) is 82.2 Å². The van der Waals surface area contributed by atoms with Gasteiger partial charge in [0.2, 0.25) is 0 Å². The molecule has 0 saturated carbocycles. The topological polar surface area (TPSA) is 54.4 Å². The molecule has 5 heteroatoms. The molecule has 0 aliphatic rings. The Hall–Kier alpha value is -2.21. The fourth-order valence-corrected chi connectivity index (χ4v) is 3.70. The number of hydrogen-bond donors (Lipinski definition) is 1. The molecule has 0 fully saturated rings. The smallest absolute Gasteiger partial charge is 0.282 e. The minimum Gasteiger partial charge on any atom is -0.282 e. The van der Waals surface area contributed by atoms with Gasteiger partial charge in [-0.05, 0) is 34.4 Å². The molecular formula is C20H15BrO3S. The van der Waals surface area contributed by atoms with Gasteiger partial charge in [-0.15, -0.1) is 0 Å². The Morgan fingerprint density at radius 1 is 0.800 bits per heavy atom. The standard InChI is InChI=1S/C20H15BrO3S/c21-19-13-12-18(20(14-19)25(22,23)24)11-8-15-6-9-17(10-7-15)16-4-2-1-3-5-16/h1-14H,(H,22,23,24). The van der Waals surface area contributed by atoms with E-state index in [0.717, 1.165) is 16.7 Å². The Morgan fingerprint density at radius 2 is 1.44 bits per heavy atom. The van der Waals surface area contributed by atoms with Gasteiger partial charge in [-0.25, -0.2) is 0 Å². The highest BCUT2D eigenvalue weighted by molar-refractivity contribution is 9.10. The minimum atomic E-state index is -4.28. The summed E-state index contributed by atoms with van der Waals surface area (Å²) in [6.45, 7) is 0. The molecule has 25 heavy (non-hydrogen) atoms. The van der Waals surface area contributed by atoms with E-state index in [0.29, 0.717) is 10.0 Å². The predicted molar refractivity (Wildman–Crippen MR) is 105 cm³/mol. The van der Waals surface area contributed by atoms with Crippen LogP contribution >= 0.6 is 15.9 Å². The van der Waals surface area contributed by atoms with Crippen LogP contribution in [0.4, 0.5) is 0 Å². The normalized spacial score (nSPS) is 11.8.